The fraction of sp³-hybridized carbons (Fsp3) is 0.400. The highest BCUT2D eigenvalue weighted by atomic mass is 79.9. The summed E-state index contributed by atoms with van der Waals surface area (Å²) in [7, 11) is 0. The first-order valence-corrected chi connectivity index (χ1v) is 7.79. The maximum absolute atomic E-state index is 12.5. The number of likely N-dealkylation sites (tertiary alicyclic amines) is 1. The molecule has 1 fully saturated rings. The van der Waals surface area contributed by atoms with Crippen molar-refractivity contribution in [2.24, 2.45) is 0 Å². The molecule has 2 unspecified atom stereocenters. The number of carbonyl (C=O) groups excluding carboxylic acids is 2. The van der Waals surface area contributed by atoms with Gasteiger partial charge in [0, 0.05) is 16.6 Å². The molecule has 2 N–H and O–H groups in total. The van der Waals surface area contributed by atoms with Crippen molar-refractivity contribution in [1.29, 1.82) is 0 Å². The lowest BCUT2D eigenvalue weighted by atomic mass is 10.1. The van der Waals surface area contributed by atoms with Gasteiger partial charge in [-0.05, 0) is 44.0 Å². The molecule has 7 heteroatoms. The summed E-state index contributed by atoms with van der Waals surface area (Å²) >= 11 is 3.31. The Morgan fingerprint density at radius 1 is 1.32 bits per heavy atom. The number of aliphatic carboxylic acids is 1. The van der Waals surface area contributed by atoms with Gasteiger partial charge in [0.15, 0.2) is 0 Å². The van der Waals surface area contributed by atoms with Gasteiger partial charge < -0.3 is 15.3 Å². The predicted octanol–water partition coefficient (Wildman–Crippen LogP) is 1.64. The van der Waals surface area contributed by atoms with E-state index in [4.69, 9.17) is 5.11 Å². The molecule has 1 saturated heterocycles. The van der Waals surface area contributed by atoms with Gasteiger partial charge in [0.25, 0.3) is 5.91 Å². The normalized spacial score (nSPS) is 18.8. The molecule has 1 aromatic carbocycles. The van der Waals surface area contributed by atoms with Gasteiger partial charge in [-0.25, -0.2) is 0 Å². The van der Waals surface area contributed by atoms with Crippen LogP contribution in [0.2, 0.25) is 0 Å². The summed E-state index contributed by atoms with van der Waals surface area (Å²) in [5.74, 6) is -1.73. The van der Waals surface area contributed by atoms with Crippen LogP contribution in [-0.4, -0.2) is 46.4 Å². The highest BCUT2D eigenvalue weighted by Gasteiger charge is 2.35. The molecular formula is C15H17BrN2O4. The van der Waals surface area contributed by atoms with Gasteiger partial charge in [0.1, 0.15) is 12.1 Å². The second-order valence-corrected chi connectivity index (χ2v) is 6.15. The smallest absolute Gasteiger partial charge is 0.325 e. The van der Waals surface area contributed by atoms with Crippen LogP contribution in [0.3, 0.4) is 0 Å². The van der Waals surface area contributed by atoms with E-state index in [0.717, 1.165) is 10.9 Å². The van der Waals surface area contributed by atoms with Crippen LogP contribution >= 0.6 is 15.9 Å². The number of rotatable bonds is 4. The Bertz CT molecular complexity index is 588. The van der Waals surface area contributed by atoms with Crippen molar-refractivity contribution in [1.82, 2.24) is 10.2 Å². The van der Waals surface area contributed by atoms with Gasteiger partial charge in [-0.3, -0.25) is 14.4 Å². The Kier molecular flexibility index (Phi) is 5.18. The van der Waals surface area contributed by atoms with Gasteiger partial charge in [0.2, 0.25) is 5.91 Å². The topological polar surface area (TPSA) is 86.7 Å². The largest absolute Gasteiger partial charge is 0.480 e. The van der Waals surface area contributed by atoms with E-state index in [2.05, 4.69) is 21.2 Å². The zero-order valence-electron chi connectivity index (χ0n) is 12.1. The summed E-state index contributed by atoms with van der Waals surface area (Å²) < 4.78 is 0.870. The van der Waals surface area contributed by atoms with Crippen molar-refractivity contribution in [3.8, 4) is 0 Å². The molecule has 2 atom stereocenters. The third-order valence-corrected chi connectivity index (χ3v) is 4.17. The zero-order valence-corrected chi connectivity index (χ0v) is 13.7. The number of hydrogen-bond acceptors (Lipinski definition) is 3. The molecule has 1 heterocycles. The fourth-order valence-electron chi connectivity index (χ4n) is 2.41. The number of nitrogens with zero attached hydrogens (tertiary/aromatic N) is 1. The highest BCUT2D eigenvalue weighted by molar-refractivity contribution is 9.10. The minimum Gasteiger partial charge on any atom is -0.480 e. The molecule has 118 valence electrons. The number of hydrogen-bond donors (Lipinski definition) is 2. The molecular weight excluding hydrogens is 352 g/mol. The molecule has 0 spiro atoms. The van der Waals surface area contributed by atoms with Crippen molar-refractivity contribution in [2.45, 2.75) is 31.8 Å². The monoisotopic (exact) mass is 368 g/mol. The summed E-state index contributed by atoms with van der Waals surface area (Å²) in [5, 5.41) is 11.3. The lowest BCUT2D eigenvalue weighted by Crippen LogP contribution is -2.50. The van der Waals surface area contributed by atoms with Crippen molar-refractivity contribution < 1.29 is 19.5 Å². The van der Waals surface area contributed by atoms with Gasteiger partial charge in [-0.15, -0.1) is 0 Å². The summed E-state index contributed by atoms with van der Waals surface area (Å²) in [4.78, 5) is 37.0. The molecule has 2 rings (SSSR count). The van der Waals surface area contributed by atoms with E-state index in [0.29, 0.717) is 18.5 Å². The predicted molar refractivity (Wildman–Crippen MR) is 83.4 cm³/mol. The maximum Gasteiger partial charge on any atom is 0.325 e. The first-order chi connectivity index (χ1) is 10.4. The van der Waals surface area contributed by atoms with Crippen LogP contribution in [0.1, 0.15) is 30.1 Å². The third kappa shape index (κ3) is 3.65. The molecule has 0 saturated carbocycles. The maximum atomic E-state index is 12.5. The number of nitrogens with one attached hydrogen (secondary N) is 1. The second kappa shape index (κ2) is 6.91. The van der Waals surface area contributed by atoms with Crippen molar-refractivity contribution >= 4 is 33.7 Å². The van der Waals surface area contributed by atoms with E-state index < -0.39 is 24.0 Å². The third-order valence-electron chi connectivity index (χ3n) is 3.64. The molecule has 0 aromatic heterocycles. The lowest BCUT2D eigenvalue weighted by Gasteiger charge is -2.25. The average molecular weight is 369 g/mol. The summed E-state index contributed by atoms with van der Waals surface area (Å²) in [6, 6.07) is 5.34. The van der Waals surface area contributed by atoms with Crippen LogP contribution in [0.5, 0.6) is 0 Å². The van der Waals surface area contributed by atoms with Gasteiger partial charge in [-0.1, -0.05) is 15.9 Å². The number of carbonyl (C=O) groups is 3. The Balaban J connectivity index is 2.09. The number of carboxylic acids is 1. The molecule has 0 bridgehead atoms. The number of benzene rings is 1. The molecule has 6 nitrogen and oxygen atoms in total. The van der Waals surface area contributed by atoms with Gasteiger partial charge in [0.05, 0.1) is 0 Å². The lowest BCUT2D eigenvalue weighted by molar-refractivity contribution is -0.141. The second-order valence-electron chi connectivity index (χ2n) is 5.23. The van der Waals surface area contributed by atoms with Crippen molar-refractivity contribution in [3.63, 3.8) is 0 Å². The minimum absolute atomic E-state index is 0.215. The van der Waals surface area contributed by atoms with Crippen LogP contribution in [0, 0.1) is 0 Å². The molecule has 0 radical (unpaired) electrons. The zero-order chi connectivity index (χ0) is 16.3. The van der Waals surface area contributed by atoms with E-state index in [1.165, 1.54) is 11.8 Å². The van der Waals surface area contributed by atoms with E-state index in [-0.39, 0.29) is 5.91 Å². The molecule has 22 heavy (non-hydrogen) atoms. The van der Waals surface area contributed by atoms with E-state index in [1.54, 1.807) is 24.3 Å². The van der Waals surface area contributed by atoms with E-state index in [1.807, 2.05) is 0 Å². The van der Waals surface area contributed by atoms with Crippen LogP contribution in [0.25, 0.3) is 0 Å². The summed E-state index contributed by atoms with van der Waals surface area (Å²) in [6.07, 6.45) is 1.27. The molecule has 1 aliphatic rings. The molecule has 2 amide bonds. The SMILES string of the molecule is CC(NC(=O)C1CCCN1C(=O)c1ccc(Br)cc1)C(=O)O. The van der Waals surface area contributed by atoms with E-state index in [9.17, 15) is 14.4 Å². The summed E-state index contributed by atoms with van der Waals surface area (Å²) in [6.45, 7) is 1.89. The summed E-state index contributed by atoms with van der Waals surface area (Å²) in [5.41, 5.74) is 0.509. The van der Waals surface area contributed by atoms with Crippen LogP contribution < -0.4 is 5.32 Å². The molecule has 1 aliphatic heterocycles. The first kappa shape index (κ1) is 16.5. The van der Waals surface area contributed by atoms with E-state index >= 15 is 0 Å². The minimum atomic E-state index is -1.10. The molecule has 1 aromatic rings. The van der Waals surface area contributed by atoms with Crippen LogP contribution in [0.15, 0.2) is 28.7 Å². The Labute approximate surface area is 136 Å². The highest BCUT2D eigenvalue weighted by Crippen LogP contribution is 2.21. The van der Waals surface area contributed by atoms with Crippen LogP contribution in [0.4, 0.5) is 0 Å². The number of amides is 2. The van der Waals surface area contributed by atoms with Gasteiger partial charge >= 0.3 is 5.97 Å². The Morgan fingerprint density at radius 3 is 2.55 bits per heavy atom. The molecule has 0 aliphatic carbocycles. The van der Waals surface area contributed by atoms with Gasteiger partial charge in [-0.2, -0.15) is 0 Å². The first-order valence-electron chi connectivity index (χ1n) is 7.00. The average Bonchev–Trinajstić information content (AvgIpc) is 2.96. The Morgan fingerprint density at radius 2 is 1.95 bits per heavy atom. The fourth-order valence-corrected chi connectivity index (χ4v) is 2.68. The van der Waals surface area contributed by atoms with Crippen LogP contribution in [-0.2, 0) is 9.59 Å². The Hall–Kier alpha value is -1.89. The van der Waals surface area contributed by atoms with Crippen molar-refractivity contribution in [3.05, 3.63) is 34.3 Å². The quantitative estimate of drug-likeness (QED) is 0.845. The number of halogens is 1. The van der Waals surface area contributed by atoms with Crippen molar-refractivity contribution in [2.75, 3.05) is 6.54 Å². The number of carboxylic acid groups (broad SMARTS) is 1. The standard InChI is InChI=1S/C15H17BrN2O4/c1-9(15(21)22)17-13(19)12-3-2-8-18(12)14(20)10-4-6-11(16)7-5-10/h4-7,9,12H,2-3,8H2,1H3,(H,17,19)(H,21,22).